The Bertz CT molecular complexity index is 726. The molecule has 0 aliphatic rings. The smallest absolute Gasteiger partial charge is 0.244 e. The molecule has 5 heteroatoms. The van der Waals surface area contributed by atoms with Crippen molar-refractivity contribution in [2.75, 3.05) is 16.8 Å². The molecule has 0 spiro atoms. The van der Waals surface area contributed by atoms with E-state index in [1.807, 2.05) is 38.1 Å². The number of benzene rings is 2. The van der Waals surface area contributed by atoms with Crippen LogP contribution in [0.25, 0.3) is 0 Å². The molecule has 0 unspecified atom stereocenters. The quantitative estimate of drug-likeness (QED) is 0.922. The zero-order chi connectivity index (χ0) is 17.0. The number of nitrogens with zero attached hydrogens (tertiary/aromatic N) is 1. The highest BCUT2D eigenvalue weighted by Crippen LogP contribution is 2.20. The van der Waals surface area contributed by atoms with Gasteiger partial charge in [-0.1, -0.05) is 29.3 Å². The second-order valence-corrected chi connectivity index (χ2v) is 5.88. The molecule has 0 fully saturated rings. The van der Waals surface area contributed by atoms with Gasteiger partial charge in [0.25, 0.3) is 0 Å². The summed E-state index contributed by atoms with van der Waals surface area (Å²) >= 11 is 5.91. The van der Waals surface area contributed by atoms with Crippen molar-refractivity contribution in [2.45, 2.75) is 20.8 Å². The number of anilines is 2. The Morgan fingerprint density at radius 2 is 1.74 bits per heavy atom. The lowest BCUT2D eigenvalue weighted by Gasteiger charge is -2.21. The van der Waals surface area contributed by atoms with E-state index in [4.69, 9.17) is 11.6 Å². The molecule has 0 saturated heterocycles. The standard InChI is InChI=1S/C18H19ClN2O2/c1-12-4-7-16(8-5-12)21(14(3)22)11-18(23)20-17-9-6-15(19)10-13(17)2/h4-10H,11H2,1-3H3,(H,20,23). The number of carbonyl (C=O) groups excluding carboxylic acids is 2. The van der Waals surface area contributed by atoms with E-state index in [1.165, 1.54) is 11.8 Å². The summed E-state index contributed by atoms with van der Waals surface area (Å²) in [6.07, 6.45) is 0. The molecule has 0 saturated carbocycles. The van der Waals surface area contributed by atoms with E-state index in [1.54, 1.807) is 18.2 Å². The van der Waals surface area contributed by atoms with Crippen molar-refractivity contribution in [3.05, 3.63) is 58.6 Å². The maximum atomic E-state index is 12.3. The summed E-state index contributed by atoms with van der Waals surface area (Å²) in [4.78, 5) is 25.6. The second-order valence-electron chi connectivity index (χ2n) is 5.45. The lowest BCUT2D eigenvalue weighted by molar-refractivity contribution is -0.120. The first-order chi connectivity index (χ1) is 10.9. The molecule has 2 aromatic rings. The summed E-state index contributed by atoms with van der Waals surface area (Å²) in [6, 6.07) is 12.7. The normalized spacial score (nSPS) is 10.3. The van der Waals surface area contributed by atoms with Gasteiger partial charge in [-0.3, -0.25) is 9.59 Å². The number of rotatable bonds is 4. The summed E-state index contributed by atoms with van der Waals surface area (Å²) < 4.78 is 0. The Morgan fingerprint density at radius 1 is 1.09 bits per heavy atom. The molecule has 0 radical (unpaired) electrons. The third-order valence-electron chi connectivity index (χ3n) is 3.49. The summed E-state index contributed by atoms with van der Waals surface area (Å²) in [5.74, 6) is -0.442. The van der Waals surface area contributed by atoms with Crippen molar-refractivity contribution in [1.29, 1.82) is 0 Å². The van der Waals surface area contributed by atoms with Gasteiger partial charge in [0, 0.05) is 23.3 Å². The van der Waals surface area contributed by atoms with E-state index in [0.29, 0.717) is 16.4 Å². The molecule has 0 bridgehead atoms. The zero-order valence-electron chi connectivity index (χ0n) is 13.4. The van der Waals surface area contributed by atoms with Crippen LogP contribution in [0.2, 0.25) is 5.02 Å². The lowest BCUT2D eigenvalue weighted by atomic mass is 10.2. The first kappa shape index (κ1) is 17.0. The predicted molar refractivity (Wildman–Crippen MR) is 94.0 cm³/mol. The van der Waals surface area contributed by atoms with Crippen LogP contribution in [0.4, 0.5) is 11.4 Å². The lowest BCUT2D eigenvalue weighted by Crippen LogP contribution is -2.36. The van der Waals surface area contributed by atoms with Crippen LogP contribution in [0.3, 0.4) is 0 Å². The molecule has 0 aliphatic carbocycles. The molecule has 0 aliphatic heterocycles. The second kappa shape index (κ2) is 7.29. The van der Waals surface area contributed by atoms with Gasteiger partial charge in [-0.2, -0.15) is 0 Å². The minimum Gasteiger partial charge on any atom is -0.324 e. The molecule has 2 amide bonds. The third-order valence-corrected chi connectivity index (χ3v) is 3.73. The number of amides is 2. The highest BCUT2D eigenvalue weighted by Gasteiger charge is 2.16. The van der Waals surface area contributed by atoms with Gasteiger partial charge in [-0.25, -0.2) is 0 Å². The summed E-state index contributed by atoms with van der Waals surface area (Å²) in [7, 11) is 0. The van der Waals surface area contributed by atoms with Gasteiger partial charge in [0.05, 0.1) is 0 Å². The molecule has 23 heavy (non-hydrogen) atoms. The van der Waals surface area contributed by atoms with E-state index in [2.05, 4.69) is 5.32 Å². The van der Waals surface area contributed by atoms with Crippen LogP contribution >= 0.6 is 11.6 Å². The topological polar surface area (TPSA) is 49.4 Å². The summed E-state index contributed by atoms with van der Waals surface area (Å²) in [5, 5.41) is 3.43. The number of halogens is 1. The Labute approximate surface area is 141 Å². The van der Waals surface area contributed by atoms with Gasteiger partial charge in [0.1, 0.15) is 6.54 Å². The van der Waals surface area contributed by atoms with Crippen molar-refractivity contribution < 1.29 is 9.59 Å². The van der Waals surface area contributed by atoms with Gasteiger partial charge in [0.15, 0.2) is 0 Å². The van der Waals surface area contributed by atoms with Crippen molar-refractivity contribution in [2.24, 2.45) is 0 Å². The summed E-state index contributed by atoms with van der Waals surface area (Å²) in [6.45, 7) is 5.24. The Morgan fingerprint density at radius 3 is 2.30 bits per heavy atom. The van der Waals surface area contributed by atoms with Crippen LogP contribution in [-0.4, -0.2) is 18.4 Å². The van der Waals surface area contributed by atoms with E-state index < -0.39 is 0 Å². The van der Waals surface area contributed by atoms with Crippen LogP contribution in [0.15, 0.2) is 42.5 Å². The summed E-state index contributed by atoms with van der Waals surface area (Å²) in [5.41, 5.74) is 3.35. The number of aryl methyl sites for hydroxylation is 2. The Kier molecular flexibility index (Phi) is 5.40. The molecule has 2 rings (SSSR count). The molecule has 0 aromatic heterocycles. The SMILES string of the molecule is CC(=O)N(CC(=O)Nc1ccc(Cl)cc1C)c1ccc(C)cc1. The number of hydrogen-bond acceptors (Lipinski definition) is 2. The van der Waals surface area contributed by atoms with E-state index in [9.17, 15) is 9.59 Å². The fourth-order valence-electron chi connectivity index (χ4n) is 2.21. The minimum absolute atomic E-state index is 0.0412. The Balaban J connectivity index is 2.12. The minimum atomic E-state index is -0.258. The number of hydrogen-bond donors (Lipinski definition) is 1. The van der Waals surface area contributed by atoms with E-state index >= 15 is 0 Å². The van der Waals surface area contributed by atoms with Crippen LogP contribution < -0.4 is 10.2 Å². The first-order valence-corrected chi connectivity index (χ1v) is 7.65. The molecule has 0 atom stereocenters. The van der Waals surface area contributed by atoms with Crippen LogP contribution in [0.5, 0.6) is 0 Å². The van der Waals surface area contributed by atoms with Crippen LogP contribution in [-0.2, 0) is 9.59 Å². The fraction of sp³-hybridized carbons (Fsp3) is 0.222. The molecule has 1 N–H and O–H groups in total. The largest absolute Gasteiger partial charge is 0.324 e. The monoisotopic (exact) mass is 330 g/mol. The molecular formula is C18H19ClN2O2. The van der Waals surface area contributed by atoms with E-state index in [-0.39, 0.29) is 18.4 Å². The third kappa shape index (κ3) is 4.57. The molecule has 2 aromatic carbocycles. The van der Waals surface area contributed by atoms with Crippen molar-refractivity contribution >= 4 is 34.8 Å². The van der Waals surface area contributed by atoms with Gasteiger partial charge in [-0.05, 0) is 49.7 Å². The zero-order valence-corrected chi connectivity index (χ0v) is 14.1. The van der Waals surface area contributed by atoms with Crippen molar-refractivity contribution in [3.63, 3.8) is 0 Å². The van der Waals surface area contributed by atoms with E-state index in [0.717, 1.165) is 11.1 Å². The number of nitrogens with one attached hydrogen (secondary N) is 1. The first-order valence-electron chi connectivity index (χ1n) is 7.27. The fourth-order valence-corrected chi connectivity index (χ4v) is 2.44. The van der Waals surface area contributed by atoms with Crippen LogP contribution in [0, 0.1) is 13.8 Å². The van der Waals surface area contributed by atoms with Crippen molar-refractivity contribution in [3.8, 4) is 0 Å². The maximum Gasteiger partial charge on any atom is 0.244 e. The molecule has 0 heterocycles. The molecular weight excluding hydrogens is 312 g/mol. The van der Waals surface area contributed by atoms with Crippen LogP contribution in [0.1, 0.15) is 18.1 Å². The average Bonchev–Trinajstić information content (AvgIpc) is 2.48. The average molecular weight is 331 g/mol. The van der Waals surface area contributed by atoms with Gasteiger partial charge < -0.3 is 10.2 Å². The van der Waals surface area contributed by atoms with Crippen molar-refractivity contribution in [1.82, 2.24) is 0 Å². The molecule has 4 nitrogen and oxygen atoms in total. The van der Waals surface area contributed by atoms with Gasteiger partial charge in [-0.15, -0.1) is 0 Å². The van der Waals surface area contributed by atoms with Gasteiger partial charge in [0.2, 0.25) is 11.8 Å². The highest BCUT2D eigenvalue weighted by molar-refractivity contribution is 6.30. The Hall–Kier alpha value is -2.33. The maximum absolute atomic E-state index is 12.3. The number of carbonyl (C=O) groups is 2. The molecule has 120 valence electrons. The highest BCUT2D eigenvalue weighted by atomic mass is 35.5. The predicted octanol–water partition coefficient (Wildman–Crippen LogP) is 3.95. The van der Waals surface area contributed by atoms with Gasteiger partial charge >= 0.3 is 0 Å².